The molecule has 0 spiro atoms. The minimum atomic E-state index is -0.462. The van der Waals surface area contributed by atoms with Crippen molar-refractivity contribution in [3.8, 4) is 0 Å². The zero-order chi connectivity index (χ0) is 19.3. The Morgan fingerprint density at radius 2 is 1.00 bits per heavy atom. The lowest BCUT2D eigenvalue weighted by atomic mass is 10.1. The van der Waals surface area contributed by atoms with Gasteiger partial charge in [-0.05, 0) is 30.7 Å². The fourth-order valence-electron chi connectivity index (χ4n) is 3.32. The molecular formula is C19H12Cl2N2O4. The van der Waals surface area contributed by atoms with Crippen molar-refractivity contribution in [2.45, 2.75) is 6.42 Å². The van der Waals surface area contributed by atoms with Crippen LogP contribution in [0.1, 0.15) is 47.9 Å². The number of amides is 4. The van der Waals surface area contributed by atoms with Crippen LogP contribution in [-0.4, -0.2) is 46.5 Å². The highest BCUT2D eigenvalue weighted by molar-refractivity contribution is 6.43. The zero-order valence-corrected chi connectivity index (χ0v) is 15.4. The van der Waals surface area contributed by atoms with Gasteiger partial charge in [0.05, 0.1) is 32.3 Å². The lowest BCUT2D eigenvalue weighted by Gasteiger charge is -2.17. The van der Waals surface area contributed by atoms with Gasteiger partial charge in [0.1, 0.15) is 0 Å². The Balaban J connectivity index is 1.45. The van der Waals surface area contributed by atoms with Crippen LogP contribution in [0.3, 0.4) is 0 Å². The molecule has 0 fully saturated rings. The maximum Gasteiger partial charge on any atom is 0.261 e. The molecule has 0 bridgehead atoms. The molecule has 136 valence electrons. The van der Waals surface area contributed by atoms with E-state index < -0.39 is 11.8 Å². The minimum absolute atomic E-state index is 0.0784. The number of nitrogens with zero attached hydrogens (tertiary/aromatic N) is 2. The highest BCUT2D eigenvalue weighted by atomic mass is 35.5. The van der Waals surface area contributed by atoms with E-state index >= 15 is 0 Å². The number of hydrogen-bond donors (Lipinski definition) is 0. The SMILES string of the molecule is O=C1c2ccccc2C(=O)N1CCCN1C(=O)c2cc(Cl)c(Cl)cc2C1=O. The van der Waals surface area contributed by atoms with Gasteiger partial charge < -0.3 is 0 Å². The van der Waals surface area contributed by atoms with Crippen LogP contribution in [0.4, 0.5) is 0 Å². The second-order valence-corrected chi connectivity index (χ2v) is 7.05. The van der Waals surface area contributed by atoms with Crippen molar-refractivity contribution < 1.29 is 19.2 Å². The Morgan fingerprint density at radius 3 is 1.41 bits per heavy atom. The fraction of sp³-hybridized carbons (Fsp3) is 0.158. The third kappa shape index (κ3) is 2.72. The van der Waals surface area contributed by atoms with Gasteiger partial charge in [0, 0.05) is 13.1 Å². The van der Waals surface area contributed by atoms with E-state index in [2.05, 4.69) is 0 Å². The van der Waals surface area contributed by atoms with E-state index in [0.29, 0.717) is 11.1 Å². The number of hydrogen-bond acceptors (Lipinski definition) is 4. The molecule has 0 radical (unpaired) electrons. The van der Waals surface area contributed by atoms with Crippen molar-refractivity contribution in [3.05, 3.63) is 68.7 Å². The smallest absolute Gasteiger partial charge is 0.261 e. The first-order chi connectivity index (χ1) is 12.9. The van der Waals surface area contributed by atoms with Crippen molar-refractivity contribution in [2.75, 3.05) is 13.1 Å². The third-order valence-electron chi connectivity index (χ3n) is 4.65. The molecule has 2 aliphatic heterocycles. The minimum Gasteiger partial charge on any atom is -0.274 e. The highest BCUT2D eigenvalue weighted by Crippen LogP contribution is 2.31. The van der Waals surface area contributed by atoms with Crippen molar-refractivity contribution >= 4 is 46.8 Å². The van der Waals surface area contributed by atoms with E-state index in [-0.39, 0.29) is 52.5 Å². The molecule has 8 heteroatoms. The Hall–Kier alpha value is -2.70. The summed E-state index contributed by atoms with van der Waals surface area (Å²) < 4.78 is 0. The Morgan fingerprint density at radius 1 is 0.630 bits per heavy atom. The molecule has 6 nitrogen and oxygen atoms in total. The number of rotatable bonds is 4. The third-order valence-corrected chi connectivity index (χ3v) is 5.38. The summed E-state index contributed by atoms with van der Waals surface area (Å²) in [5.74, 6) is -1.65. The zero-order valence-electron chi connectivity index (χ0n) is 13.9. The van der Waals surface area contributed by atoms with Gasteiger partial charge in [-0.2, -0.15) is 0 Å². The summed E-state index contributed by atoms with van der Waals surface area (Å²) in [6.45, 7) is 0.191. The van der Waals surface area contributed by atoms with Crippen LogP contribution in [0, 0.1) is 0 Å². The molecule has 0 unspecified atom stereocenters. The topological polar surface area (TPSA) is 74.8 Å². The van der Waals surface area contributed by atoms with E-state index in [1.807, 2.05) is 0 Å². The van der Waals surface area contributed by atoms with Gasteiger partial charge >= 0.3 is 0 Å². The van der Waals surface area contributed by atoms with Crippen LogP contribution in [0.5, 0.6) is 0 Å². The van der Waals surface area contributed by atoms with Crippen LogP contribution in [-0.2, 0) is 0 Å². The molecule has 2 aliphatic rings. The normalized spacial score (nSPS) is 15.6. The van der Waals surface area contributed by atoms with Crippen LogP contribution >= 0.6 is 23.2 Å². The van der Waals surface area contributed by atoms with E-state index in [0.717, 1.165) is 9.80 Å². The first-order valence-corrected chi connectivity index (χ1v) is 8.96. The Bertz CT molecular complexity index is 958. The second-order valence-electron chi connectivity index (χ2n) is 6.23. The van der Waals surface area contributed by atoms with E-state index in [4.69, 9.17) is 23.2 Å². The first kappa shape index (κ1) is 17.7. The standard InChI is InChI=1S/C19H12Cl2N2O4/c20-14-8-12-13(9-15(14)21)19(27)23(18(12)26)7-3-6-22-16(24)10-4-1-2-5-11(10)17(22)25/h1-2,4-5,8-9H,3,6-7H2. The molecule has 0 saturated carbocycles. The van der Waals surface area contributed by atoms with Crippen molar-refractivity contribution in [1.29, 1.82) is 0 Å². The van der Waals surface area contributed by atoms with E-state index in [1.165, 1.54) is 12.1 Å². The monoisotopic (exact) mass is 402 g/mol. The van der Waals surface area contributed by atoms with Gasteiger partial charge in [-0.15, -0.1) is 0 Å². The Kier molecular flexibility index (Phi) is 4.25. The predicted molar refractivity (Wildman–Crippen MR) is 98.3 cm³/mol. The van der Waals surface area contributed by atoms with Crippen LogP contribution in [0.2, 0.25) is 10.0 Å². The maximum absolute atomic E-state index is 12.5. The fourth-order valence-corrected chi connectivity index (χ4v) is 3.64. The molecule has 0 aliphatic carbocycles. The van der Waals surface area contributed by atoms with Gasteiger partial charge in [0.2, 0.25) is 0 Å². The van der Waals surface area contributed by atoms with Gasteiger partial charge in [-0.25, -0.2) is 0 Å². The quantitative estimate of drug-likeness (QED) is 0.735. The molecule has 2 aromatic rings. The van der Waals surface area contributed by atoms with Crippen LogP contribution in [0.25, 0.3) is 0 Å². The summed E-state index contributed by atoms with van der Waals surface area (Å²) in [7, 11) is 0. The second kappa shape index (κ2) is 6.48. The number of fused-ring (bicyclic) bond motifs is 2. The van der Waals surface area contributed by atoms with Crippen molar-refractivity contribution in [2.24, 2.45) is 0 Å². The van der Waals surface area contributed by atoms with Crippen LogP contribution in [0.15, 0.2) is 36.4 Å². The molecule has 2 aromatic carbocycles. The lowest BCUT2D eigenvalue weighted by molar-refractivity contribution is 0.0627. The number of carbonyl (C=O) groups excluding carboxylic acids is 4. The lowest BCUT2D eigenvalue weighted by Crippen LogP contribution is -2.35. The number of imide groups is 2. The molecular weight excluding hydrogens is 391 g/mol. The molecule has 4 amide bonds. The van der Waals surface area contributed by atoms with Gasteiger partial charge in [-0.1, -0.05) is 35.3 Å². The van der Waals surface area contributed by atoms with Crippen molar-refractivity contribution in [3.63, 3.8) is 0 Å². The molecule has 0 saturated heterocycles. The maximum atomic E-state index is 12.5. The van der Waals surface area contributed by atoms with Crippen LogP contribution < -0.4 is 0 Å². The predicted octanol–water partition coefficient (Wildman–Crippen LogP) is 3.28. The number of halogens is 2. The Labute approximate surface area is 164 Å². The average molecular weight is 403 g/mol. The molecule has 0 aromatic heterocycles. The largest absolute Gasteiger partial charge is 0.274 e. The van der Waals surface area contributed by atoms with Gasteiger partial charge in [0.25, 0.3) is 23.6 Å². The molecule has 0 atom stereocenters. The molecule has 4 rings (SSSR count). The van der Waals surface area contributed by atoms with E-state index in [9.17, 15) is 19.2 Å². The molecule has 2 heterocycles. The summed E-state index contributed by atoms with van der Waals surface area (Å²) in [5.41, 5.74) is 1.14. The molecule has 27 heavy (non-hydrogen) atoms. The number of benzene rings is 2. The summed E-state index contributed by atoms with van der Waals surface area (Å²) in [6.07, 6.45) is 0.276. The van der Waals surface area contributed by atoms with Gasteiger partial charge in [-0.3, -0.25) is 29.0 Å². The molecule has 0 N–H and O–H groups in total. The first-order valence-electron chi connectivity index (χ1n) is 8.20. The summed E-state index contributed by atoms with van der Waals surface area (Å²) in [6, 6.07) is 9.36. The summed E-state index contributed by atoms with van der Waals surface area (Å²) in [4.78, 5) is 51.8. The van der Waals surface area contributed by atoms with Crippen molar-refractivity contribution in [1.82, 2.24) is 9.80 Å². The summed E-state index contributed by atoms with van der Waals surface area (Å²) in [5, 5.41) is 0.397. The van der Waals surface area contributed by atoms with Gasteiger partial charge in [0.15, 0.2) is 0 Å². The number of carbonyl (C=O) groups is 4. The summed E-state index contributed by atoms with van der Waals surface area (Å²) >= 11 is 11.8. The highest BCUT2D eigenvalue weighted by Gasteiger charge is 2.38. The average Bonchev–Trinajstić information content (AvgIpc) is 3.03. The van der Waals surface area contributed by atoms with E-state index in [1.54, 1.807) is 24.3 Å².